The van der Waals surface area contributed by atoms with Crippen LogP contribution in [0.25, 0.3) is 0 Å². The minimum atomic E-state index is 0.103. The molecular weight excluding hydrogens is 211 g/mol. The van der Waals surface area contributed by atoms with Crippen LogP contribution >= 0.6 is 7.92 Å². The highest BCUT2D eigenvalue weighted by molar-refractivity contribution is 7.57. The molecule has 0 aliphatic carbocycles. The lowest BCUT2D eigenvalue weighted by Crippen LogP contribution is -2.18. The van der Waals surface area contributed by atoms with E-state index < -0.39 is 0 Å². The maximum Gasteiger partial charge on any atom is 0.0239 e. The van der Waals surface area contributed by atoms with Crippen molar-refractivity contribution in [1.82, 2.24) is 0 Å². The first-order valence-electron chi connectivity index (χ1n) is 6.03. The van der Waals surface area contributed by atoms with Gasteiger partial charge in [-0.05, 0) is 36.4 Å². The Kier molecular flexibility index (Phi) is 4.03. The van der Waals surface area contributed by atoms with Crippen LogP contribution in [0.15, 0.2) is 30.3 Å². The Hall–Kier alpha value is -0.790. The van der Waals surface area contributed by atoms with Crippen LogP contribution in [0.1, 0.15) is 25.3 Å². The van der Waals surface area contributed by atoms with Crippen molar-refractivity contribution in [2.45, 2.75) is 31.6 Å². The highest BCUT2D eigenvalue weighted by Crippen LogP contribution is 2.51. The van der Waals surface area contributed by atoms with Crippen LogP contribution in [-0.2, 0) is 6.16 Å². The molecule has 1 aliphatic heterocycles. The molecule has 0 nitrogen and oxygen atoms in total. The molecule has 0 saturated carbocycles. The number of benzene rings is 1. The van der Waals surface area contributed by atoms with Crippen molar-refractivity contribution in [3.05, 3.63) is 35.9 Å². The van der Waals surface area contributed by atoms with Crippen LogP contribution in [-0.4, -0.2) is 11.8 Å². The summed E-state index contributed by atoms with van der Waals surface area (Å²) in [7, 11) is 0.103. The maximum absolute atomic E-state index is 5.56. The SMILES string of the molecule is C#CC1CC[C@@H](C)P(Cc2ccccc2)C1. The average molecular weight is 230 g/mol. The van der Waals surface area contributed by atoms with Crippen molar-refractivity contribution in [3.8, 4) is 12.3 Å². The molecule has 2 rings (SSSR count). The van der Waals surface area contributed by atoms with Crippen molar-refractivity contribution in [2.24, 2.45) is 5.92 Å². The summed E-state index contributed by atoms with van der Waals surface area (Å²) in [6, 6.07) is 10.9. The van der Waals surface area contributed by atoms with E-state index in [1.807, 2.05) is 0 Å². The molecule has 84 valence electrons. The quantitative estimate of drug-likeness (QED) is 0.530. The van der Waals surface area contributed by atoms with E-state index in [1.165, 1.54) is 30.7 Å². The van der Waals surface area contributed by atoms with Crippen LogP contribution in [0.5, 0.6) is 0 Å². The van der Waals surface area contributed by atoms with Gasteiger partial charge in [0.05, 0.1) is 0 Å². The monoisotopic (exact) mass is 230 g/mol. The van der Waals surface area contributed by atoms with E-state index in [4.69, 9.17) is 6.42 Å². The van der Waals surface area contributed by atoms with Gasteiger partial charge in [-0.15, -0.1) is 12.3 Å². The molecule has 1 fully saturated rings. The summed E-state index contributed by atoms with van der Waals surface area (Å²) in [5.41, 5.74) is 2.37. The molecule has 0 amide bonds. The minimum absolute atomic E-state index is 0.103. The van der Waals surface area contributed by atoms with Gasteiger partial charge in [-0.3, -0.25) is 0 Å². The Morgan fingerprint density at radius 1 is 1.31 bits per heavy atom. The fraction of sp³-hybridized carbons (Fsp3) is 0.467. The third kappa shape index (κ3) is 2.87. The molecule has 1 heteroatoms. The summed E-state index contributed by atoms with van der Waals surface area (Å²) in [6.45, 7) is 2.40. The molecule has 0 N–H and O–H groups in total. The second kappa shape index (κ2) is 5.51. The van der Waals surface area contributed by atoms with E-state index in [2.05, 4.69) is 43.2 Å². The molecule has 16 heavy (non-hydrogen) atoms. The van der Waals surface area contributed by atoms with Gasteiger partial charge < -0.3 is 0 Å². The molecule has 1 aromatic rings. The smallest absolute Gasteiger partial charge is 0.0239 e. The van der Waals surface area contributed by atoms with Gasteiger partial charge in [-0.2, -0.15) is 0 Å². The van der Waals surface area contributed by atoms with Crippen molar-refractivity contribution in [3.63, 3.8) is 0 Å². The molecule has 3 atom stereocenters. The average Bonchev–Trinajstić information content (AvgIpc) is 2.33. The van der Waals surface area contributed by atoms with E-state index in [-0.39, 0.29) is 7.92 Å². The number of rotatable bonds is 2. The Bertz CT molecular complexity index is 363. The zero-order chi connectivity index (χ0) is 11.4. The summed E-state index contributed by atoms with van der Waals surface area (Å²) in [6.07, 6.45) is 10.7. The van der Waals surface area contributed by atoms with E-state index in [1.54, 1.807) is 0 Å². The zero-order valence-corrected chi connectivity index (χ0v) is 10.8. The van der Waals surface area contributed by atoms with Crippen LogP contribution in [0.4, 0.5) is 0 Å². The summed E-state index contributed by atoms with van der Waals surface area (Å²) in [4.78, 5) is 0. The summed E-state index contributed by atoms with van der Waals surface area (Å²) < 4.78 is 0. The molecular formula is C15H19P. The molecule has 0 radical (unpaired) electrons. The molecule has 1 aliphatic rings. The van der Waals surface area contributed by atoms with Crippen molar-refractivity contribution in [2.75, 3.05) is 6.16 Å². The van der Waals surface area contributed by atoms with Gasteiger partial charge in [-0.1, -0.05) is 45.2 Å². The van der Waals surface area contributed by atoms with Crippen LogP contribution < -0.4 is 0 Å². The fourth-order valence-corrected chi connectivity index (χ4v) is 5.20. The van der Waals surface area contributed by atoms with Crippen LogP contribution in [0, 0.1) is 18.3 Å². The topological polar surface area (TPSA) is 0 Å². The standard InChI is InChI=1S/C15H19P/c1-3-14-10-9-13(2)16(11-14)12-15-7-5-4-6-8-15/h1,4-8,13-14H,9-12H2,2H3/t13-,14?,16?/m1/s1. The van der Waals surface area contributed by atoms with Crippen molar-refractivity contribution in [1.29, 1.82) is 0 Å². The summed E-state index contributed by atoms with van der Waals surface area (Å²) in [5, 5.41) is 0. The van der Waals surface area contributed by atoms with Crippen LogP contribution in [0.3, 0.4) is 0 Å². The molecule has 2 unspecified atom stereocenters. The third-order valence-electron chi connectivity index (χ3n) is 3.48. The van der Waals surface area contributed by atoms with Gasteiger partial charge in [0.1, 0.15) is 0 Å². The van der Waals surface area contributed by atoms with Gasteiger partial charge in [0.15, 0.2) is 0 Å². The molecule has 1 saturated heterocycles. The molecule has 0 bridgehead atoms. The van der Waals surface area contributed by atoms with Crippen molar-refractivity contribution < 1.29 is 0 Å². The van der Waals surface area contributed by atoms with Gasteiger partial charge in [0.25, 0.3) is 0 Å². The highest BCUT2D eigenvalue weighted by atomic mass is 31.1. The normalized spacial score (nSPS) is 29.6. The number of hydrogen-bond donors (Lipinski definition) is 0. The van der Waals surface area contributed by atoms with E-state index in [9.17, 15) is 0 Å². The zero-order valence-electron chi connectivity index (χ0n) is 9.89. The molecule has 0 aromatic heterocycles. The van der Waals surface area contributed by atoms with E-state index in [0.29, 0.717) is 5.92 Å². The molecule has 1 heterocycles. The first kappa shape index (κ1) is 11.7. The van der Waals surface area contributed by atoms with Gasteiger partial charge in [-0.25, -0.2) is 0 Å². The van der Waals surface area contributed by atoms with Crippen LogP contribution in [0.2, 0.25) is 0 Å². The molecule has 1 aromatic carbocycles. The Labute approximate surface area is 100 Å². The van der Waals surface area contributed by atoms with Crippen molar-refractivity contribution >= 4 is 7.92 Å². The first-order valence-corrected chi connectivity index (χ1v) is 7.82. The Balaban J connectivity index is 2.00. The first-order chi connectivity index (χ1) is 7.79. The van der Waals surface area contributed by atoms with Gasteiger partial charge >= 0.3 is 0 Å². The second-order valence-electron chi connectivity index (χ2n) is 4.71. The van der Waals surface area contributed by atoms with E-state index in [0.717, 1.165) is 5.66 Å². The highest BCUT2D eigenvalue weighted by Gasteiger charge is 2.25. The minimum Gasteiger partial charge on any atom is -0.120 e. The lowest BCUT2D eigenvalue weighted by Gasteiger charge is -2.32. The predicted octanol–water partition coefficient (Wildman–Crippen LogP) is 4.10. The summed E-state index contributed by atoms with van der Waals surface area (Å²) >= 11 is 0. The lowest BCUT2D eigenvalue weighted by atomic mass is 10.0. The Morgan fingerprint density at radius 3 is 2.75 bits per heavy atom. The maximum atomic E-state index is 5.56. The van der Waals surface area contributed by atoms with Gasteiger partial charge in [0, 0.05) is 5.92 Å². The number of terminal acetylenes is 1. The molecule has 0 spiro atoms. The lowest BCUT2D eigenvalue weighted by molar-refractivity contribution is 0.591. The predicted molar refractivity (Wildman–Crippen MR) is 73.0 cm³/mol. The second-order valence-corrected chi connectivity index (χ2v) is 7.45. The summed E-state index contributed by atoms with van der Waals surface area (Å²) in [5.74, 6) is 3.50. The third-order valence-corrected chi connectivity index (χ3v) is 6.66. The van der Waals surface area contributed by atoms with E-state index >= 15 is 0 Å². The largest absolute Gasteiger partial charge is 0.120 e. The van der Waals surface area contributed by atoms with Gasteiger partial charge in [0.2, 0.25) is 0 Å². The fourth-order valence-electron chi connectivity index (χ4n) is 2.35. The Morgan fingerprint density at radius 2 is 2.06 bits per heavy atom. The number of hydrogen-bond acceptors (Lipinski definition) is 0.